The maximum atomic E-state index is 13.8. The number of hydrogen-bond donors (Lipinski definition) is 1. The monoisotopic (exact) mass is 393 g/mol. The van der Waals surface area contributed by atoms with Crippen LogP contribution in [0.15, 0.2) is 30.3 Å². The van der Waals surface area contributed by atoms with Crippen LogP contribution in [0.5, 0.6) is 0 Å². The van der Waals surface area contributed by atoms with Crippen LogP contribution >= 0.6 is 0 Å². The molecule has 1 aromatic carbocycles. The molecule has 154 valence electrons. The van der Waals surface area contributed by atoms with Crippen molar-refractivity contribution in [2.45, 2.75) is 88.9 Å². The highest BCUT2D eigenvalue weighted by Crippen LogP contribution is 2.37. The van der Waals surface area contributed by atoms with Crippen LogP contribution in [0.2, 0.25) is 0 Å². The molecule has 2 aliphatic carbocycles. The molecule has 0 saturated heterocycles. The number of amides is 2. The normalized spacial score (nSPS) is 26.1. The zero-order chi connectivity index (χ0) is 20.0. The van der Waals surface area contributed by atoms with Crippen LogP contribution in [0.1, 0.15) is 75.2 Å². The number of carbonyl (C=O) groups is 2. The minimum atomic E-state index is -0.851. The molecule has 2 aromatic rings. The van der Waals surface area contributed by atoms with Gasteiger partial charge in [0.25, 0.3) is 5.91 Å². The zero-order valence-corrected chi connectivity index (χ0v) is 17.3. The number of fused-ring (bicyclic) bond motifs is 3. The molecule has 0 spiro atoms. The van der Waals surface area contributed by atoms with Crippen LogP contribution in [0.4, 0.5) is 0 Å². The fourth-order valence-corrected chi connectivity index (χ4v) is 5.79. The van der Waals surface area contributed by atoms with E-state index in [4.69, 9.17) is 0 Å². The zero-order valence-electron chi connectivity index (χ0n) is 17.3. The van der Waals surface area contributed by atoms with Crippen LogP contribution in [0, 0.1) is 0 Å². The molecule has 0 bridgehead atoms. The van der Waals surface area contributed by atoms with E-state index in [9.17, 15) is 9.59 Å². The standard InChI is InChI=1S/C24H31N3O2/c1-24(23(29)25-18-10-6-7-11-18)16-26-20-14-8-5-9-17(20)15-21(26)22(28)27(24)19-12-3-2-4-13-19/h5,8-9,14-15,18-19H,2-4,6-7,10-13,16H2,1H3,(H,25,29). The second-order valence-corrected chi connectivity index (χ2v) is 9.37. The summed E-state index contributed by atoms with van der Waals surface area (Å²) < 4.78 is 2.07. The molecule has 2 amide bonds. The SMILES string of the molecule is CC1(C(=O)NC2CCCC2)Cn2c(cc3ccccc32)C(=O)N1C1CCCCC1. The number of benzene rings is 1. The molecule has 5 heteroatoms. The first-order chi connectivity index (χ1) is 14.1. The summed E-state index contributed by atoms with van der Waals surface area (Å²) in [6.07, 6.45) is 9.96. The van der Waals surface area contributed by atoms with Gasteiger partial charge in [0.15, 0.2) is 0 Å². The smallest absolute Gasteiger partial charge is 0.271 e. The van der Waals surface area contributed by atoms with Crippen LogP contribution < -0.4 is 5.32 Å². The average Bonchev–Trinajstić information content (AvgIpc) is 3.37. The Kier molecular flexibility index (Phi) is 4.64. The maximum Gasteiger partial charge on any atom is 0.271 e. The van der Waals surface area contributed by atoms with Crippen molar-refractivity contribution >= 4 is 22.7 Å². The van der Waals surface area contributed by atoms with Crippen molar-refractivity contribution < 1.29 is 9.59 Å². The third-order valence-corrected chi connectivity index (χ3v) is 7.37. The Bertz CT molecular complexity index is 937. The number of carbonyl (C=O) groups excluding carboxylic acids is 2. The van der Waals surface area contributed by atoms with Crippen molar-refractivity contribution in [1.29, 1.82) is 0 Å². The highest BCUT2D eigenvalue weighted by atomic mass is 16.2. The van der Waals surface area contributed by atoms with Gasteiger partial charge in [0.05, 0.1) is 6.54 Å². The van der Waals surface area contributed by atoms with Gasteiger partial charge in [-0.1, -0.05) is 50.3 Å². The first-order valence-corrected chi connectivity index (χ1v) is 11.3. The molecule has 29 heavy (non-hydrogen) atoms. The van der Waals surface area contributed by atoms with E-state index >= 15 is 0 Å². The van der Waals surface area contributed by atoms with Crippen molar-refractivity contribution in [1.82, 2.24) is 14.8 Å². The summed E-state index contributed by atoms with van der Waals surface area (Å²) in [6.45, 7) is 2.51. The second kappa shape index (κ2) is 7.19. The highest BCUT2D eigenvalue weighted by Gasteiger charge is 2.50. The third kappa shape index (κ3) is 3.06. The Morgan fingerprint density at radius 1 is 1.03 bits per heavy atom. The number of hydrogen-bond acceptors (Lipinski definition) is 2. The predicted octanol–water partition coefficient (Wildman–Crippen LogP) is 4.25. The van der Waals surface area contributed by atoms with Crippen LogP contribution in [0.25, 0.3) is 10.9 Å². The Morgan fingerprint density at radius 2 is 1.72 bits per heavy atom. The molecule has 1 unspecified atom stereocenters. The number of aromatic nitrogens is 1. The van der Waals surface area contributed by atoms with Crippen LogP contribution in [0.3, 0.4) is 0 Å². The summed E-state index contributed by atoms with van der Waals surface area (Å²) in [7, 11) is 0. The van der Waals surface area contributed by atoms with Gasteiger partial charge in [-0.2, -0.15) is 0 Å². The number of para-hydroxylation sites is 1. The molecule has 1 aliphatic heterocycles. The fraction of sp³-hybridized carbons (Fsp3) is 0.583. The Morgan fingerprint density at radius 3 is 2.48 bits per heavy atom. The van der Waals surface area contributed by atoms with Crippen LogP contribution in [-0.2, 0) is 11.3 Å². The molecular weight excluding hydrogens is 362 g/mol. The average molecular weight is 394 g/mol. The van der Waals surface area contributed by atoms with Gasteiger partial charge in [-0.15, -0.1) is 0 Å². The summed E-state index contributed by atoms with van der Waals surface area (Å²) >= 11 is 0. The quantitative estimate of drug-likeness (QED) is 0.848. The van der Waals surface area contributed by atoms with E-state index in [0.717, 1.165) is 55.1 Å². The molecule has 0 radical (unpaired) electrons. The van der Waals surface area contributed by atoms with E-state index in [1.54, 1.807) is 0 Å². The molecule has 2 saturated carbocycles. The first kappa shape index (κ1) is 18.7. The molecule has 5 nitrogen and oxygen atoms in total. The number of rotatable bonds is 3. The molecule has 1 aromatic heterocycles. The lowest BCUT2D eigenvalue weighted by molar-refractivity contribution is -0.135. The lowest BCUT2D eigenvalue weighted by Gasteiger charge is -2.49. The Labute approximate surface area is 172 Å². The van der Waals surface area contributed by atoms with Gasteiger partial charge in [-0.25, -0.2) is 0 Å². The maximum absolute atomic E-state index is 13.8. The summed E-state index contributed by atoms with van der Waals surface area (Å²) in [6, 6.07) is 10.5. The Hall–Kier alpha value is -2.30. The molecule has 5 rings (SSSR count). The van der Waals surface area contributed by atoms with Gasteiger partial charge < -0.3 is 14.8 Å². The van der Waals surface area contributed by atoms with Crippen molar-refractivity contribution in [3.63, 3.8) is 0 Å². The minimum Gasteiger partial charge on any atom is -0.351 e. The highest BCUT2D eigenvalue weighted by molar-refractivity contribution is 6.03. The van der Waals surface area contributed by atoms with E-state index in [-0.39, 0.29) is 23.9 Å². The molecule has 2 heterocycles. The van der Waals surface area contributed by atoms with Gasteiger partial charge in [-0.05, 0) is 44.7 Å². The summed E-state index contributed by atoms with van der Waals surface area (Å²) in [5.41, 5.74) is 0.915. The predicted molar refractivity (Wildman–Crippen MR) is 114 cm³/mol. The van der Waals surface area contributed by atoms with Crippen molar-refractivity contribution in [2.75, 3.05) is 0 Å². The second-order valence-electron chi connectivity index (χ2n) is 9.37. The molecule has 3 aliphatic rings. The van der Waals surface area contributed by atoms with Gasteiger partial charge >= 0.3 is 0 Å². The van der Waals surface area contributed by atoms with Gasteiger partial charge in [0.1, 0.15) is 11.2 Å². The summed E-state index contributed by atoms with van der Waals surface area (Å²) in [5.74, 6) is 0.0372. The molecule has 1 atom stereocenters. The number of nitrogens with one attached hydrogen (secondary N) is 1. The summed E-state index contributed by atoms with van der Waals surface area (Å²) in [5, 5.41) is 4.37. The van der Waals surface area contributed by atoms with Gasteiger partial charge in [0.2, 0.25) is 5.91 Å². The van der Waals surface area contributed by atoms with E-state index < -0.39 is 5.54 Å². The molecular formula is C24H31N3O2. The lowest BCUT2D eigenvalue weighted by atomic mass is 9.86. The van der Waals surface area contributed by atoms with Crippen LogP contribution in [-0.4, -0.2) is 38.9 Å². The van der Waals surface area contributed by atoms with Crippen molar-refractivity contribution in [3.05, 3.63) is 36.0 Å². The minimum absolute atomic E-state index is 0.0171. The van der Waals surface area contributed by atoms with Crippen molar-refractivity contribution in [2.24, 2.45) is 0 Å². The van der Waals surface area contributed by atoms with Gasteiger partial charge in [-0.3, -0.25) is 9.59 Å². The summed E-state index contributed by atoms with van der Waals surface area (Å²) in [4.78, 5) is 29.4. The first-order valence-electron chi connectivity index (χ1n) is 11.3. The van der Waals surface area contributed by atoms with E-state index in [1.807, 2.05) is 30.0 Å². The fourth-order valence-electron chi connectivity index (χ4n) is 5.79. The lowest BCUT2D eigenvalue weighted by Crippen LogP contribution is -2.67. The van der Waals surface area contributed by atoms with Crippen molar-refractivity contribution in [3.8, 4) is 0 Å². The van der Waals surface area contributed by atoms with E-state index in [2.05, 4.69) is 22.0 Å². The van der Waals surface area contributed by atoms with Gasteiger partial charge in [0, 0.05) is 23.0 Å². The Balaban J connectivity index is 1.57. The van der Waals surface area contributed by atoms with E-state index in [1.165, 1.54) is 19.3 Å². The number of nitrogens with zero attached hydrogens (tertiary/aromatic N) is 2. The largest absolute Gasteiger partial charge is 0.351 e. The topological polar surface area (TPSA) is 54.3 Å². The third-order valence-electron chi connectivity index (χ3n) is 7.37. The van der Waals surface area contributed by atoms with E-state index in [0.29, 0.717) is 6.54 Å². The molecule has 2 fully saturated rings. The molecule has 1 N–H and O–H groups in total.